The number of nitrogens with zero attached hydrogens (tertiary/aromatic N) is 2. The molecule has 2 rings (SSSR count). The Hall–Kier alpha value is -1.16. The molecule has 1 heterocycles. The van der Waals surface area contributed by atoms with Gasteiger partial charge in [0.2, 0.25) is 5.95 Å². The van der Waals surface area contributed by atoms with Gasteiger partial charge in [0.05, 0.1) is 6.10 Å². The topological polar surface area (TPSA) is 58.0 Å². The number of nitrogens with one attached hydrogen (secondary N) is 1. The van der Waals surface area contributed by atoms with Gasteiger partial charge in [-0.15, -0.1) is 0 Å². The van der Waals surface area contributed by atoms with E-state index in [1.807, 2.05) is 20.8 Å². The molecule has 0 amide bonds. The Labute approximate surface area is 89.8 Å². The smallest absolute Gasteiger partial charge is 0.222 e. The standard InChI is InChI=1S/C11H17N3O/c1-7-5-12-10(13-6-7)14-8-4-9(15)11(8,2)3/h5-6,8-9,15H,4H2,1-3H3,(H,12,13,14). The molecule has 1 aromatic rings. The zero-order chi connectivity index (χ0) is 11.1. The van der Waals surface area contributed by atoms with Gasteiger partial charge in [-0.25, -0.2) is 9.97 Å². The molecule has 0 aromatic carbocycles. The molecule has 2 unspecified atom stereocenters. The lowest BCUT2D eigenvalue weighted by Gasteiger charge is -2.49. The summed E-state index contributed by atoms with van der Waals surface area (Å²) in [4.78, 5) is 8.37. The van der Waals surface area contributed by atoms with Gasteiger partial charge in [0.1, 0.15) is 0 Å². The first-order chi connectivity index (χ1) is 7.00. The van der Waals surface area contributed by atoms with Gasteiger partial charge >= 0.3 is 0 Å². The molecule has 1 aromatic heterocycles. The maximum atomic E-state index is 9.59. The van der Waals surface area contributed by atoms with Crippen LogP contribution in [-0.4, -0.2) is 27.2 Å². The third kappa shape index (κ3) is 1.81. The first kappa shape index (κ1) is 10.4. The van der Waals surface area contributed by atoms with Crippen LogP contribution in [-0.2, 0) is 0 Å². The van der Waals surface area contributed by atoms with Crippen LogP contribution in [0.25, 0.3) is 0 Å². The summed E-state index contributed by atoms with van der Waals surface area (Å²) in [7, 11) is 0. The minimum Gasteiger partial charge on any atom is -0.392 e. The number of aromatic nitrogens is 2. The second-order valence-corrected chi connectivity index (χ2v) is 4.85. The van der Waals surface area contributed by atoms with Crippen LogP contribution >= 0.6 is 0 Å². The largest absolute Gasteiger partial charge is 0.392 e. The van der Waals surface area contributed by atoms with Gasteiger partial charge in [-0.1, -0.05) is 13.8 Å². The monoisotopic (exact) mass is 207 g/mol. The Morgan fingerprint density at radius 2 is 2.00 bits per heavy atom. The summed E-state index contributed by atoms with van der Waals surface area (Å²) in [5, 5.41) is 12.8. The van der Waals surface area contributed by atoms with Crippen LogP contribution < -0.4 is 5.32 Å². The lowest BCUT2D eigenvalue weighted by Crippen LogP contribution is -2.57. The normalized spacial score (nSPS) is 28.3. The molecular formula is C11H17N3O. The van der Waals surface area contributed by atoms with E-state index in [2.05, 4.69) is 15.3 Å². The number of anilines is 1. The molecule has 1 aliphatic rings. The van der Waals surface area contributed by atoms with Gasteiger partial charge < -0.3 is 10.4 Å². The van der Waals surface area contributed by atoms with Crippen molar-refractivity contribution in [1.29, 1.82) is 0 Å². The zero-order valence-electron chi connectivity index (χ0n) is 9.36. The van der Waals surface area contributed by atoms with E-state index in [4.69, 9.17) is 0 Å². The molecule has 4 heteroatoms. The van der Waals surface area contributed by atoms with Crippen molar-refractivity contribution in [1.82, 2.24) is 9.97 Å². The van der Waals surface area contributed by atoms with Crippen molar-refractivity contribution in [2.75, 3.05) is 5.32 Å². The van der Waals surface area contributed by atoms with Gasteiger partial charge in [0.15, 0.2) is 0 Å². The van der Waals surface area contributed by atoms with Crippen LogP contribution in [0.15, 0.2) is 12.4 Å². The number of rotatable bonds is 2. The molecule has 2 atom stereocenters. The SMILES string of the molecule is Cc1cnc(NC2CC(O)C2(C)C)nc1. The molecule has 15 heavy (non-hydrogen) atoms. The van der Waals surface area contributed by atoms with E-state index in [0.29, 0.717) is 5.95 Å². The maximum Gasteiger partial charge on any atom is 0.222 e. The molecule has 1 saturated carbocycles. The first-order valence-corrected chi connectivity index (χ1v) is 5.23. The van der Waals surface area contributed by atoms with Crippen LogP contribution in [0, 0.1) is 12.3 Å². The molecule has 82 valence electrons. The van der Waals surface area contributed by atoms with Gasteiger partial charge in [-0.2, -0.15) is 0 Å². The van der Waals surface area contributed by atoms with Crippen molar-refractivity contribution in [3.05, 3.63) is 18.0 Å². The highest BCUT2D eigenvalue weighted by Crippen LogP contribution is 2.41. The molecule has 0 bridgehead atoms. The molecule has 0 saturated heterocycles. The van der Waals surface area contributed by atoms with Crippen LogP contribution in [0.3, 0.4) is 0 Å². The second kappa shape index (κ2) is 3.45. The van der Waals surface area contributed by atoms with Crippen LogP contribution in [0.1, 0.15) is 25.8 Å². The summed E-state index contributed by atoms with van der Waals surface area (Å²) in [6.45, 7) is 6.06. The summed E-state index contributed by atoms with van der Waals surface area (Å²) >= 11 is 0. The summed E-state index contributed by atoms with van der Waals surface area (Å²) in [6.07, 6.45) is 4.12. The Morgan fingerprint density at radius 1 is 1.40 bits per heavy atom. The average molecular weight is 207 g/mol. The van der Waals surface area contributed by atoms with Gasteiger partial charge in [-0.05, 0) is 18.9 Å². The van der Waals surface area contributed by atoms with E-state index in [9.17, 15) is 5.11 Å². The highest BCUT2D eigenvalue weighted by atomic mass is 16.3. The molecule has 1 fully saturated rings. The van der Waals surface area contributed by atoms with Gasteiger partial charge in [0.25, 0.3) is 0 Å². The van der Waals surface area contributed by atoms with E-state index in [1.54, 1.807) is 12.4 Å². The number of aryl methyl sites for hydroxylation is 1. The van der Waals surface area contributed by atoms with E-state index < -0.39 is 0 Å². The van der Waals surface area contributed by atoms with Crippen molar-refractivity contribution in [3.63, 3.8) is 0 Å². The molecule has 1 aliphatic carbocycles. The molecule has 2 N–H and O–H groups in total. The quantitative estimate of drug-likeness (QED) is 0.768. The highest BCUT2D eigenvalue weighted by molar-refractivity contribution is 5.29. The Balaban J connectivity index is 2.02. The summed E-state index contributed by atoms with van der Waals surface area (Å²) in [6, 6.07) is 0.259. The third-order valence-electron chi connectivity index (χ3n) is 3.30. The summed E-state index contributed by atoms with van der Waals surface area (Å²) < 4.78 is 0. The lowest BCUT2D eigenvalue weighted by molar-refractivity contribution is -0.0512. The molecular weight excluding hydrogens is 190 g/mol. The predicted molar refractivity (Wildman–Crippen MR) is 58.6 cm³/mol. The highest BCUT2D eigenvalue weighted by Gasteiger charge is 2.47. The number of aliphatic hydroxyl groups is 1. The number of hydrogen-bond acceptors (Lipinski definition) is 4. The number of hydrogen-bond donors (Lipinski definition) is 2. The Kier molecular flexibility index (Phi) is 2.38. The van der Waals surface area contributed by atoms with Crippen molar-refractivity contribution in [3.8, 4) is 0 Å². The molecule has 0 radical (unpaired) electrons. The van der Waals surface area contributed by atoms with Crippen molar-refractivity contribution >= 4 is 5.95 Å². The third-order valence-corrected chi connectivity index (χ3v) is 3.30. The Morgan fingerprint density at radius 3 is 2.47 bits per heavy atom. The van der Waals surface area contributed by atoms with Crippen LogP contribution in [0.4, 0.5) is 5.95 Å². The Bertz CT molecular complexity index is 347. The fourth-order valence-electron chi connectivity index (χ4n) is 1.77. The fraction of sp³-hybridized carbons (Fsp3) is 0.636. The first-order valence-electron chi connectivity index (χ1n) is 5.23. The zero-order valence-corrected chi connectivity index (χ0v) is 9.36. The van der Waals surface area contributed by atoms with Crippen LogP contribution in [0.2, 0.25) is 0 Å². The lowest BCUT2D eigenvalue weighted by atomic mass is 9.65. The average Bonchev–Trinajstić information content (AvgIpc) is 2.21. The van der Waals surface area contributed by atoms with Gasteiger partial charge in [-0.3, -0.25) is 0 Å². The minimum atomic E-state index is -0.222. The van der Waals surface area contributed by atoms with E-state index in [-0.39, 0.29) is 17.6 Å². The van der Waals surface area contributed by atoms with Crippen molar-refractivity contribution in [2.45, 2.75) is 39.3 Å². The fourth-order valence-corrected chi connectivity index (χ4v) is 1.77. The molecule has 0 aliphatic heterocycles. The molecule has 0 spiro atoms. The van der Waals surface area contributed by atoms with E-state index in [0.717, 1.165) is 12.0 Å². The van der Waals surface area contributed by atoms with Crippen molar-refractivity contribution in [2.24, 2.45) is 5.41 Å². The minimum absolute atomic E-state index is 0.0890. The predicted octanol–water partition coefficient (Wildman–Crippen LogP) is 1.36. The summed E-state index contributed by atoms with van der Waals surface area (Å²) in [5.74, 6) is 0.644. The summed E-state index contributed by atoms with van der Waals surface area (Å²) in [5.41, 5.74) is 0.960. The van der Waals surface area contributed by atoms with Crippen molar-refractivity contribution < 1.29 is 5.11 Å². The molecule has 4 nitrogen and oxygen atoms in total. The number of aliphatic hydroxyl groups excluding tert-OH is 1. The van der Waals surface area contributed by atoms with Gasteiger partial charge in [0, 0.05) is 23.9 Å². The maximum absolute atomic E-state index is 9.59. The van der Waals surface area contributed by atoms with E-state index >= 15 is 0 Å². The second-order valence-electron chi connectivity index (χ2n) is 4.85. The van der Waals surface area contributed by atoms with E-state index in [1.165, 1.54) is 0 Å². The van der Waals surface area contributed by atoms with Crippen LogP contribution in [0.5, 0.6) is 0 Å².